The molecule has 7 heteroatoms. The normalized spacial score (nSPS) is 17.6. The van der Waals surface area contributed by atoms with E-state index in [0.29, 0.717) is 36.0 Å². The summed E-state index contributed by atoms with van der Waals surface area (Å²) >= 11 is 6.05. The first kappa shape index (κ1) is 15.4. The number of rotatable bonds is 5. The molecule has 1 aliphatic rings. The molecule has 0 bridgehead atoms. The molecular formula is C14H17ClN2O4. The van der Waals surface area contributed by atoms with Crippen LogP contribution < -0.4 is 15.0 Å². The van der Waals surface area contributed by atoms with Gasteiger partial charge >= 0.3 is 6.09 Å². The predicted octanol–water partition coefficient (Wildman–Crippen LogP) is 2.20. The number of ether oxygens (including phenoxy) is 2. The van der Waals surface area contributed by atoms with E-state index in [4.69, 9.17) is 21.1 Å². The van der Waals surface area contributed by atoms with Crippen LogP contribution in [-0.4, -0.2) is 38.3 Å². The smallest absolute Gasteiger partial charge is 0.414 e. The Morgan fingerprint density at radius 3 is 2.95 bits per heavy atom. The van der Waals surface area contributed by atoms with Crippen molar-refractivity contribution < 1.29 is 19.1 Å². The highest BCUT2D eigenvalue weighted by Crippen LogP contribution is 2.31. The van der Waals surface area contributed by atoms with E-state index in [9.17, 15) is 9.59 Å². The number of cyclic esters (lactones) is 1. The topological polar surface area (TPSA) is 67.9 Å². The fourth-order valence-corrected chi connectivity index (χ4v) is 2.27. The first-order valence-corrected chi connectivity index (χ1v) is 7.01. The Bertz CT molecular complexity index is 550. The second-order valence-corrected chi connectivity index (χ2v) is 5.00. The van der Waals surface area contributed by atoms with Gasteiger partial charge in [0.05, 0.1) is 25.2 Å². The Morgan fingerprint density at radius 1 is 1.57 bits per heavy atom. The van der Waals surface area contributed by atoms with Crippen LogP contribution in [0.1, 0.15) is 13.3 Å². The monoisotopic (exact) mass is 312 g/mol. The van der Waals surface area contributed by atoms with Crippen LogP contribution in [0.3, 0.4) is 0 Å². The van der Waals surface area contributed by atoms with Crippen molar-refractivity contribution in [1.29, 1.82) is 0 Å². The standard InChI is InChI=1S/C14H17ClN2O4/c1-3-13(18)16-7-10-8-17(14(19)21-10)9-4-5-12(20-2)11(15)6-9/h4-6,10H,3,7-8H2,1-2H3,(H,16,18). The van der Waals surface area contributed by atoms with Gasteiger partial charge in [0.25, 0.3) is 0 Å². The third-order valence-corrected chi connectivity index (χ3v) is 3.46. The Kier molecular flexibility index (Phi) is 4.90. The molecule has 1 aromatic carbocycles. The number of nitrogens with one attached hydrogen (secondary N) is 1. The minimum absolute atomic E-state index is 0.0722. The summed E-state index contributed by atoms with van der Waals surface area (Å²) < 4.78 is 10.3. The third kappa shape index (κ3) is 3.58. The van der Waals surface area contributed by atoms with Crippen molar-refractivity contribution in [2.75, 3.05) is 25.1 Å². The van der Waals surface area contributed by atoms with Crippen molar-refractivity contribution in [3.63, 3.8) is 0 Å². The number of amides is 2. The lowest BCUT2D eigenvalue weighted by Crippen LogP contribution is -2.34. The van der Waals surface area contributed by atoms with E-state index in [2.05, 4.69) is 5.32 Å². The van der Waals surface area contributed by atoms with E-state index in [1.54, 1.807) is 25.1 Å². The summed E-state index contributed by atoms with van der Waals surface area (Å²) in [6, 6.07) is 5.07. The summed E-state index contributed by atoms with van der Waals surface area (Å²) in [5.41, 5.74) is 0.634. The molecule has 2 amide bonds. The summed E-state index contributed by atoms with van der Waals surface area (Å²) in [6.45, 7) is 2.44. The molecule has 0 radical (unpaired) electrons. The maximum Gasteiger partial charge on any atom is 0.414 e. The zero-order valence-corrected chi connectivity index (χ0v) is 12.6. The molecule has 0 saturated carbocycles. The molecule has 1 aromatic rings. The fraction of sp³-hybridized carbons (Fsp3) is 0.429. The number of hydrogen-bond donors (Lipinski definition) is 1. The molecular weight excluding hydrogens is 296 g/mol. The number of methoxy groups -OCH3 is 1. The van der Waals surface area contributed by atoms with Gasteiger partial charge in [-0.05, 0) is 18.2 Å². The summed E-state index contributed by atoms with van der Waals surface area (Å²) in [6.07, 6.45) is -0.417. The van der Waals surface area contributed by atoms with Crippen LogP contribution in [0.5, 0.6) is 5.75 Å². The van der Waals surface area contributed by atoms with Crippen LogP contribution in [0, 0.1) is 0 Å². The molecule has 1 aliphatic heterocycles. The minimum atomic E-state index is -0.452. The lowest BCUT2D eigenvalue weighted by atomic mass is 10.2. The third-order valence-electron chi connectivity index (χ3n) is 3.17. The number of carbonyl (C=O) groups excluding carboxylic acids is 2. The zero-order chi connectivity index (χ0) is 15.4. The van der Waals surface area contributed by atoms with Gasteiger partial charge in [-0.3, -0.25) is 9.69 Å². The van der Waals surface area contributed by atoms with Crippen molar-refractivity contribution >= 4 is 29.3 Å². The number of nitrogens with zero attached hydrogens (tertiary/aromatic N) is 1. The highest BCUT2D eigenvalue weighted by Gasteiger charge is 2.32. The second kappa shape index (κ2) is 6.67. The van der Waals surface area contributed by atoms with E-state index in [1.165, 1.54) is 12.0 Å². The van der Waals surface area contributed by atoms with Gasteiger partial charge in [-0.2, -0.15) is 0 Å². The molecule has 1 unspecified atom stereocenters. The van der Waals surface area contributed by atoms with Crippen LogP contribution >= 0.6 is 11.6 Å². The maximum atomic E-state index is 11.9. The average molecular weight is 313 g/mol. The molecule has 1 N–H and O–H groups in total. The molecule has 1 atom stereocenters. The van der Waals surface area contributed by atoms with E-state index in [0.717, 1.165) is 0 Å². The number of carbonyl (C=O) groups is 2. The van der Waals surface area contributed by atoms with Gasteiger partial charge in [-0.25, -0.2) is 4.79 Å². The summed E-state index contributed by atoms with van der Waals surface area (Å²) in [5, 5.41) is 3.13. The highest BCUT2D eigenvalue weighted by molar-refractivity contribution is 6.32. The highest BCUT2D eigenvalue weighted by atomic mass is 35.5. The fourth-order valence-electron chi connectivity index (χ4n) is 2.01. The number of anilines is 1. The van der Waals surface area contributed by atoms with E-state index < -0.39 is 6.09 Å². The summed E-state index contributed by atoms with van der Waals surface area (Å²) in [5.74, 6) is 0.469. The van der Waals surface area contributed by atoms with Crippen molar-refractivity contribution in [3.8, 4) is 5.75 Å². The maximum absolute atomic E-state index is 11.9. The van der Waals surface area contributed by atoms with Crippen LogP contribution in [0.15, 0.2) is 18.2 Å². The Balaban J connectivity index is 2.03. The molecule has 0 aliphatic carbocycles. The van der Waals surface area contributed by atoms with Crippen LogP contribution in [-0.2, 0) is 9.53 Å². The van der Waals surface area contributed by atoms with Gasteiger partial charge < -0.3 is 14.8 Å². The molecule has 21 heavy (non-hydrogen) atoms. The van der Waals surface area contributed by atoms with Gasteiger partial charge in [-0.1, -0.05) is 18.5 Å². The first-order chi connectivity index (χ1) is 10.0. The first-order valence-electron chi connectivity index (χ1n) is 6.63. The molecule has 1 fully saturated rings. The van der Waals surface area contributed by atoms with Crippen LogP contribution in [0.2, 0.25) is 5.02 Å². The van der Waals surface area contributed by atoms with Gasteiger partial charge in [0.1, 0.15) is 11.9 Å². The van der Waals surface area contributed by atoms with E-state index >= 15 is 0 Å². The number of hydrogen-bond acceptors (Lipinski definition) is 4. The van der Waals surface area contributed by atoms with Gasteiger partial charge in [0.2, 0.25) is 5.91 Å². The average Bonchev–Trinajstić information content (AvgIpc) is 2.85. The lowest BCUT2D eigenvalue weighted by Gasteiger charge is -2.14. The number of halogens is 1. The van der Waals surface area contributed by atoms with Crippen LogP contribution in [0.4, 0.5) is 10.5 Å². The molecule has 0 aromatic heterocycles. The predicted molar refractivity (Wildman–Crippen MR) is 78.9 cm³/mol. The van der Waals surface area contributed by atoms with E-state index in [1.807, 2.05) is 0 Å². The quantitative estimate of drug-likeness (QED) is 0.905. The van der Waals surface area contributed by atoms with Gasteiger partial charge in [-0.15, -0.1) is 0 Å². The van der Waals surface area contributed by atoms with Crippen molar-refractivity contribution in [2.45, 2.75) is 19.4 Å². The minimum Gasteiger partial charge on any atom is -0.495 e. The Labute approximate surface area is 128 Å². The van der Waals surface area contributed by atoms with Crippen LogP contribution in [0.25, 0.3) is 0 Å². The largest absolute Gasteiger partial charge is 0.495 e. The van der Waals surface area contributed by atoms with Gasteiger partial charge in [0, 0.05) is 12.1 Å². The van der Waals surface area contributed by atoms with Gasteiger partial charge in [0.15, 0.2) is 0 Å². The summed E-state index contributed by atoms with van der Waals surface area (Å²) in [7, 11) is 1.53. The lowest BCUT2D eigenvalue weighted by molar-refractivity contribution is -0.121. The van der Waals surface area contributed by atoms with Crippen molar-refractivity contribution in [1.82, 2.24) is 5.32 Å². The molecule has 0 spiro atoms. The molecule has 6 nitrogen and oxygen atoms in total. The second-order valence-electron chi connectivity index (χ2n) is 4.59. The summed E-state index contributed by atoms with van der Waals surface area (Å²) in [4.78, 5) is 24.6. The SMILES string of the molecule is CCC(=O)NCC1CN(c2ccc(OC)c(Cl)c2)C(=O)O1. The zero-order valence-electron chi connectivity index (χ0n) is 11.9. The molecule has 2 rings (SSSR count). The Hall–Kier alpha value is -1.95. The molecule has 1 saturated heterocycles. The Morgan fingerprint density at radius 2 is 2.33 bits per heavy atom. The van der Waals surface area contributed by atoms with Crippen molar-refractivity contribution in [3.05, 3.63) is 23.2 Å². The molecule has 114 valence electrons. The molecule has 1 heterocycles. The van der Waals surface area contributed by atoms with E-state index in [-0.39, 0.29) is 12.0 Å². The number of benzene rings is 1. The van der Waals surface area contributed by atoms with Crippen molar-refractivity contribution in [2.24, 2.45) is 0 Å².